The molecular weight excluding hydrogens is 211 g/mol. The summed E-state index contributed by atoms with van der Waals surface area (Å²) < 4.78 is 40.3. The van der Waals surface area contributed by atoms with Crippen molar-refractivity contribution in [2.24, 2.45) is 5.73 Å². The Bertz CT molecular complexity index is 220. The van der Waals surface area contributed by atoms with E-state index in [0.29, 0.717) is 0 Å². The van der Waals surface area contributed by atoms with Crippen LogP contribution >= 0.6 is 0 Å². The summed E-state index contributed by atoms with van der Waals surface area (Å²) in [6, 6.07) is -1.22. The predicted molar refractivity (Wildman–Crippen MR) is 49.1 cm³/mol. The highest BCUT2D eigenvalue weighted by Gasteiger charge is 2.30. The molecule has 6 heteroatoms. The second-order valence-corrected chi connectivity index (χ2v) is 4.29. The molecule has 0 aromatic heterocycles. The van der Waals surface area contributed by atoms with Crippen molar-refractivity contribution in [2.75, 3.05) is 0 Å². The molecule has 0 heterocycles. The van der Waals surface area contributed by atoms with Crippen LogP contribution in [0.25, 0.3) is 0 Å². The molecule has 2 N–H and O–H groups in total. The van der Waals surface area contributed by atoms with Crippen LogP contribution in [-0.2, 0) is 9.53 Å². The van der Waals surface area contributed by atoms with Gasteiger partial charge in [-0.1, -0.05) is 0 Å². The summed E-state index contributed by atoms with van der Waals surface area (Å²) in [5.74, 6) is -0.799. The van der Waals surface area contributed by atoms with Crippen LogP contribution < -0.4 is 5.73 Å². The molecule has 90 valence electrons. The van der Waals surface area contributed by atoms with Gasteiger partial charge in [0.2, 0.25) is 0 Å². The molecule has 0 saturated heterocycles. The molecule has 0 aliphatic heterocycles. The van der Waals surface area contributed by atoms with Crippen LogP contribution in [0.5, 0.6) is 0 Å². The minimum absolute atomic E-state index is 0.446. The first-order valence-electron chi connectivity index (χ1n) is 4.56. The third-order valence-electron chi connectivity index (χ3n) is 1.45. The summed E-state index contributed by atoms with van der Waals surface area (Å²) >= 11 is 0. The largest absolute Gasteiger partial charge is 0.459 e. The van der Waals surface area contributed by atoms with E-state index in [-0.39, 0.29) is 0 Å². The van der Waals surface area contributed by atoms with Crippen LogP contribution in [0.1, 0.15) is 33.6 Å². The summed E-state index contributed by atoms with van der Waals surface area (Å²) in [6.45, 7) is 4.88. The summed E-state index contributed by atoms with van der Waals surface area (Å²) in [6.07, 6.45) is -5.81. The molecular formula is C9H16F3NO2. The van der Waals surface area contributed by atoms with Crippen LogP contribution in [0, 0.1) is 0 Å². The lowest BCUT2D eigenvalue weighted by atomic mass is 10.1. The number of carbonyl (C=O) groups excluding carboxylic acids is 1. The molecule has 3 nitrogen and oxygen atoms in total. The van der Waals surface area contributed by atoms with Crippen molar-refractivity contribution in [1.82, 2.24) is 0 Å². The second-order valence-electron chi connectivity index (χ2n) is 4.29. The van der Waals surface area contributed by atoms with E-state index in [0.717, 1.165) is 0 Å². The van der Waals surface area contributed by atoms with Gasteiger partial charge in [0.1, 0.15) is 11.6 Å². The van der Waals surface area contributed by atoms with E-state index < -0.39 is 36.6 Å². The van der Waals surface area contributed by atoms with Gasteiger partial charge in [-0.05, 0) is 27.2 Å². The van der Waals surface area contributed by atoms with Crippen molar-refractivity contribution >= 4 is 5.97 Å². The highest BCUT2D eigenvalue weighted by molar-refractivity contribution is 5.75. The molecule has 0 bridgehead atoms. The Kier molecular flexibility index (Phi) is 4.58. The summed E-state index contributed by atoms with van der Waals surface area (Å²) in [5, 5.41) is 0. The van der Waals surface area contributed by atoms with Gasteiger partial charge in [0, 0.05) is 6.42 Å². The topological polar surface area (TPSA) is 52.3 Å². The first-order valence-corrected chi connectivity index (χ1v) is 4.56. The first-order chi connectivity index (χ1) is 6.51. The zero-order valence-electron chi connectivity index (χ0n) is 9.02. The minimum Gasteiger partial charge on any atom is -0.459 e. The number of halogens is 3. The zero-order valence-corrected chi connectivity index (χ0v) is 9.02. The lowest BCUT2D eigenvalue weighted by Gasteiger charge is -2.22. The molecule has 0 unspecified atom stereocenters. The average molecular weight is 227 g/mol. The van der Waals surface area contributed by atoms with E-state index >= 15 is 0 Å². The minimum atomic E-state index is -4.29. The highest BCUT2D eigenvalue weighted by Crippen LogP contribution is 2.22. The number of carbonyl (C=O) groups is 1. The number of rotatable bonds is 3. The molecule has 1 atom stereocenters. The maximum absolute atomic E-state index is 11.8. The third-order valence-corrected chi connectivity index (χ3v) is 1.45. The Morgan fingerprint density at radius 3 is 2.13 bits per heavy atom. The van der Waals surface area contributed by atoms with E-state index in [2.05, 4.69) is 0 Å². The number of hydrogen-bond acceptors (Lipinski definition) is 3. The third kappa shape index (κ3) is 8.23. The zero-order chi connectivity index (χ0) is 12.3. The maximum atomic E-state index is 11.8. The summed E-state index contributed by atoms with van der Waals surface area (Å²) in [7, 11) is 0. The molecule has 0 amide bonds. The fraction of sp³-hybridized carbons (Fsp3) is 0.889. The molecule has 0 aliphatic carbocycles. The summed E-state index contributed by atoms with van der Waals surface area (Å²) in [5.41, 5.74) is 4.53. The van der Waals surface area contributed by atoms with Crippen LogP contribution in [0.15, 0.2) is 0 Å². The van der Waals surface area contributed by atoms with Crippen molar-refractivity contribution in [3.05, 3.63) is 0 Å². The van der Waals surface area contributed by atoms with E-state index in [9.17, 15) is 18.0 Å². The molecule has 0 aromatic rings. The Morgan fingerprint density at radius 1 is 1.33 bits per heavy atom. The number of alkyl halides is 3. The smallest absolute Gasteiger partial charge is 0.389 e. The number of nitrogens with two attached hydrogens (primary N) is 1. The Morgan fingerprint density at radius 2 is 1.80 bits per heavy atom. The van der Waals surface area contributed by atoms with Crippen molar-refractivity contribution in [3.63, 3.8) is 0 Å². The van der Waals surface area contributed by atoms with Crippen LogP contribution in [-0.4, -0.2) is 23.8 Å². The molecule has 0 saturated carbocycles. The van der Waals surface area contributed by atoms with E-state index in [1.54, 1.807) is 20.8 Å². The Hall–Kier alpha value is -0.780. The first kappa shape index (κ1) is 14.2. The predicted octanol–water partition coefficient (Wildman–Crippen LogP) is 2.00. The SMILES string of the molecule is CC(C)(C)OC(=O)[C@@H](N)CCC(F)(F)F. The maximum Gasteiger partial charge on any atom is 0.389 e. The monoisotopic (exact) mass is 227 g/mol. The Labute approximate surface area is 86.8 Å². The lowest BCUT2D eigenvalue weighted by molar-refractivity contribution is -0.159. The van der Waals surface area contributed by atoms with Gasteiger partial charge in [-0.2, -0.15) is 13.2 Å². The van der Waals surface area contributed by atoms with Gasteiger partial charge < -0.3 is 10.5 Å². The van der Waals surface area contributed by atoms with Crippen molar-refractivity contribution in [1.29, 1.82) is 0 Å². The summed E-state index contributed by atoms with van der Waals surface area (Å²) in [4.78, 5) is 11.2. The van der Waals surface area contributed by atoms with E-state index in [1.165, 1.54) is 0 Å². The molecule has 0 rings (SSSR count). The standard InChI is InChI=1S/C9H16F3NO2/c1-8(2,3)15-7(14)6(13)4-5-9(10,11)12/h6H,4-5,13H2,1-3H3/t6-/m0/s1. The average Bonchev–Trinajstić information content (AvgIpc) is 1.95. The van der Waals surface area contributed by atoms with Gasteiger partial charge in [-0.25, -0.2) is 0 Å². The van der Waals surface area contributed by atoms with Crippen molar-refractivity contribution in [3.8, 4) is 0 Å². The lowest BCUT2D eigenvalue weighted by Crippen LogP contribution is -2.38. The van der Waals surface area contributed by atoms with Crippen molar-refractivity contribution < 1.29 is 22.7 Å². The Balaban J connectivity index is 4.01. The van der Waals surface area contributed by atoms with Gasteiger partial charge in [0.25, 0.3) is 0 Å². The molecule has 0 spiro atoms. The quantitative estimate of drug-likeness (QED) is 0.750. The molecule has 0 fully saturated rings. The van der Waals surface area contributed by atoms with Crippen molar-refractivity contribution in [2.45, 2.75) is 51.4 Å². The normalized spacial score (nSPS) is 14.9. The van der Waals surface area contributed by atoms with Gasteiger partial charge >= 0.3 is 12.1 Å². The molecule has 15 heavy (non-hydrogen) atoms. The van der Waals surface area contributed by atoms with E-state index in [4.69, 9.17) is 10.5 Å². The molecule has 0 aliphatic rings. The fourth-order valence-corrected chi connectivity index (χ4v) is 0.814. The fourth-order valence-electron chi connectivity index (χ4n) is 0.814. The number of esters is 1. The molecule has 0 aromatic carbocycles. The highest BCUT2D eigenvalue weighted by atomic mass is 19.4. The van der Waals surface area contributed by atoms with Gasteiger partial charge in [0.05, 0.1) is 0 Å². The molecule has 0 radical (unpaired) electrons. The van der Waals surface area contributed by atoms with Gasteiger partial charge in [-0.15, -0.1) is 0 Å². The second kappa shape index (κ2) is 4.83. The van der Waals surface area contributed by atoms with Crippen LogP contribution in [0.4, 0.5) is 13.2 Å². The number of hydrogen-bond donors (Lipinski definition) is 1. The van der Waals surface area contributed by atoms with Crippen LogP contribution in [0.2, 0.25) is 0 Å². The van der Waals surface area contributed by atoms with E-state index in [1.807, 2.05) is 0 Å². The van der Waals surface area contributed by atoms with Gasteiger partial charge in [-0.3, -0.25) is 4.79 Å². The van der Waals surface area contributed by atoms with Crippen LogP contribution in [0.3, 0.4) is 0 Å². The number of ether oxygens (including phenoxy) is 1. The van der Waals surface area contributed by atoms with Gasteiger partial charge in [0.15, 0.2) is 0 Å².